The maximum atomic E-state index is 4.28. The minimum atomic E-state index is 1.13. The van der Waals surface area contributed by atoms with E-state index in [1.165, 1.54) is 10.2 Å². The Morgan fingerprint density at radius 1 is 1.42 bits per heavy atom. The van der Waals surface area contributed by atoms with E-state index in [9.17, 15) is 0 Å². The predicted octanol–water partition coefficient (Wildman–Crippen LogP) is 2.97. The van der Waals surface area contributed by atoms with Crippen LogP contribution in [-0.4, -0.2) is 9.78 Å². The zero-order valence-corrected chi connectivity index (χ0v) is 8.77. The molecule has 0 unspecified atom stereocenters. The minimum Gasteiger partial charge on any atom is -0.267 e. The van der Waals surface area contributed by atoms with Crippen molar-refractivity contribution >= 4 is 21.6 Å². The molecule has 2 nitrogen and oxygen atoms in total. The molecule has 2 aromatic heterocycles. The van der Waals surface area contributed by atoms with E-state index >= 15 is 0 Å². The van der Waals surface area contributed by atoms with Crippen molar-refractivity contribution in [2.24, 2.45) is 7.05 Å². The van der Waals surface area contributed by atoms with Crippen molar-refractivity contribution in [2.75, 3.05) is 0 Å². The van der Waals surface area contributed by atoms with Gasteiger partial charge in [-0.3, -0.25) is 4.68 Å². The van der Waals surface area contributed by atoms with Crippen molar-refractivity contribution in [1.29, 1.82) is 0 Å². The van der Waals surface area contributed by atoms with E-state index in [-0.39, 0.29) is 0 Å². The van der Waals surface area contributed by atoms with Crippen LogP contribution in [-0.2, 0) is 7.05 Å². The standard InChI is InChI=1S/C7H8N2S.C2H6/c1-5-7-6(3-4-10-7)9(2)8-5;1-2/h3-4H,1-2H3;1-2H3. The van der Waals surface area contributed by atoms with Gasteiger partial charge in [0.1, 0.15) is 0 Å². The number of fused-ring (bicyclic) bond motifs is 1. The lowest BCUT2D eigenvalue weighted by Gasteiger charge is -1.84. The Kier molecular flexibility index (Phi) is 2.87. The lowest BCUT2D eigenvalue weighted by molar-refractivity contribution is 0.783. The summed E-state index contributed by atoms with van der Waals surface area (Å²) in [4.78, 5) is 0. The largest absolute Gasteiger partial charge is 0.267 e. The van der Waals surface area contributed by atoms with Gasteiger partial charge in [0.15, 0.2) is 0 Å². The van der Waals surface area contributed by atoms with Crippen LogP contribution in [0.1, 0.15) is 19.5 Å². The predicted molar refractivity (Wildman–Crippen MR) is 54.7 cm³/mol. The highest BCUT2D eigenvalue weighted by atomic mass is 32.1. The fourth-order valence-electron chi connectivity index (χ4n) is 1.15. The summed E-state index contributed by atoms with van der Waals surface area (Å²) in [5, 5.41) is 6.37. The first-order valence-electron chi connectivity index (χ1n) is 4.16. The second-order valence-electron chi connectivity index (χ2n) is 2.34. The van der Waals surface area contributed by atoms with Crippen LogP contribution in [0.25, 0.3) is 10.2 Å². The Balaban J connectivity index is 0.000000336. The van der Waals surface area contributed by atoms with Gasteiger partial charge in [-0.2, -0.15) is 5.10 Å². The monoisotopic (exact) mass is 182 g/mol. The first kappa shape index (κ1) is 9.26. The van der Waals surface area contributed by atoms with Gasteiger partial charge in [0.05, 0.1) is 15.9 Å². The highest BCUT2D eigenvalue weighted by Gasteiger charge is 2.03. The van der Waals surface area contributed by atoms with Crippen LogP contribution in [0.3, 0.4) is 0 Å². The average Bonchev–Trinajstić information content (AvgIpc) is 2.62. The van der Waals surface area contributed by atoms with Crippen LogP contribution in [0.5, 0.6) is 0 Å². The fraction of sp³-hybridized carbons (Fsp3) is 0.444. The minimum absolute atomic E-state index is 1.13. The van der Waals surface area contributed by atoms with Crippen molar-refractivity contribution < 1.29 is 0 Å². The molecule has 0 fully saturated rings. The van der Waals surface area contributed by atoms with Gasteiger partial charge in [0, 0.05) is 7.05 Å². The second-order valence-corrected chi connectivity index (χ2v) is 3.26. The summed E-state index contributed by atoms with van der Waals surface area (Å²) in [6.45, 7) is 6.04. The summed E-state index contributed by atoms with van der Waals surface area (Å²) in [6, 6.07) is 2.10. The van der Waals surface area contributed by atoms with Gasteiger partial charge in [-0.25, -0.2) is 0 Å². The van der Waals surface area contributed by atoms with E-state index in [1.54, 1.807) is 11.3 Å². The number of aryl methyl sites for hydroxylation is 2. The molecule has 0 radical (unpaired) electrons. The Bertz CT molecular complexity index is 328. The van der Waals surface area contributed by atoms with Gasteiger partial charge in [-0.1, -0.05) is 13.8 Å². The molecule has 0 amide bonds. The maximum absolute atomic E-state index is 4.28. The summed E-state index contributed by atoms with van der Waals surface area (Å²) in [7, 11) is 1.97. The van der Waals surface area contributed by atoms with Crippen molar-refractivity contribution in [3.63, 3.8) is 0 Å². The molecule has 2 heterocycles. The van der Waals surface area contributed by atoms with Crippen LogP contribution in [0.4, 0.5) is 0 Å². The van der Waals surface area contributed by atoms with Crippen LogP contribution < -0.4 is 0 Å². The topological polar surface area (TPSA) is 17.8 Å². The van der Waals surface area contributed by atoms with Crippen LogP contribution in [0, 0.1) is 6.92 Å². The molecule has 0 saturated heterocycles. The average molecular weight is 182 g/mol. The van der Waals surface area contributed by atoms with Gasteiger partial charge in [0.25, 0.3) is 0 Å². The molecule has 2 aromatic rings. The van der Waals surface area contributed by atoms with Crippen molar-refractivity contribution in [2.45, 2.75) is 20.8 Å². The summed E-state index contributed by atoms with van der Waals surface area (Å²) in [5.74, 6) is 0. The van der Waals surface area contributed by atoms with Gasteiger partial charge in [-0.05, 0) is 18.4 Å². The quantitative estimate of drug-likeness (QED) is 0.612. The number of thiophene rings is 1. The molecule has 66 valence electrons. The summed E-state index contributed by atoms with van der Waals surface area (Å²) in [6.07, 6.45) is 0. The van der Waals surface area contributed by atoms with E-state index < -0.39 is 0 Å². The lowest BCUT2D eigenvalue weighted by atomic mass is 10.4. The molecule has 2 rings (SSSR count). The van der Waals surface area contributed by atoms with Crippen LogP contribution in [0.15, 0.2) is 11.4 Å². The van der Waals surface area contributed by atoms with Gasteiger partial charge < -0.3 is 0 Å². The molecule has 0 aliphatic rings. The highest BCUT2D eigenvalue weighted by molar-refractivity contribution is 7.17. The van der Waals surface area contributed by atoms with Crippen molar-refractivity contribution in [3.8, 4) is 0 Å². The van der Waals surface area contributed by atoms with Crippen molar-refractivity contribution in [3.05, 3.63) is 17.1 Å². The molecular formula is C9H14N2S. The van der Waals surface area contributed by atoms with E-state index in [0.717, 1.165) is 5.69 Å². The zero-order chi connectivity index (χ0) is 9.14. The zero-order valence-electron chi connectivity index (χ0n) is 7.96. The lowest BCUT2D eigenvalue weighted by Crippen LogP contribution is -1.88. The molecule has 0 aromatic carbocycles. The van der Waals surface area contributed by atoms with Gasteiger partial charge in [-0.15, -0.1) is 11.3 Å². The third kappa shape index (κ3) is 1.37. The third-order valence-electron chi connectivity index (χ3n) is 1.62. The summed E-state index contributed by atoms with van der Waals surface area (Å²) >= 11 is 1.75. The molecule has 0 bridgehead atoms. The van der Waals surface area contributed by atoms with E-state index in [1.807, 2.05) is 32.5 Å². The number of nitrogens with zero attached hydrogens (tertiary/aromatic N) is 2. The molecule has 0 aliphatic heterocycles. The van der Waals surface area contributed by atoms with E-state index in [2.05, 4.69) is 16.5 Å². The molecule has 12 heavy (non-hydrogen) atoms. The maximum Gasteiger partial charge on any atom is 0.0789 e. The molecular weight excluding hydrogens is 168 g/mol. The van der Waals surface area contributed by atoms with Crippen molar-refractivity contribution in [1.82, 2.24) is 9.78 Å². The molecule has 0 N–H and O–H groups in total. The number of hydrogen-bond acceptors (Lipinski definition) is 2. The smallest absolute Gasteiger partial charge is 0.0789 e. The van der Waals surface area contributed by atoms with Gasteiger partial charge >= 0.3 is 0 Å². The summed E-state index contributed by atoms with van der Waals surface area (Å²) < 4.78 is 3.23. The second kappa shape index (κ2) is 3.72. The Hall–Kier alpha value is -0.830. The molecule has 0 atom stereocenters. The molecule has 0 aliphatic carbocycles. The number of hydrogen-bond donors (Lipinski definition) is 0. The first-order chi connectivity index (χ1) is 5.79. The first-order valence-corrected chi connectivity index (χ1v) is 5.04. The Labute approximate surface area is 76.8 Å². The molecule has 0 spiro atoms. The van der Waals surface area contributed by atoms with Gasteiger partial charge in [0.2, 0.25) is 0 Å². The van der Waals surface area contributed by atoms with Crippen LogP contribution >= 0.6 is 11.3 Å². The number of rotatable bonds is 0. The molecule has 3 heteroatoms. The SMILES string of the molecule is CC.Cc1nn(C)c2ccsc12. The Morgan fingerprint density at radius 3 is 2.67 bits per heavy atom. The third-order valence-corrected chi connectivity index (χ3v) is 2.63. The normalized spacial score (nSPS) is 9.67. The molecule has 0 saturated carbocycles. The van der Waals surface area contributed by atoms with Crippen LogP contribution in [0.2, 0.25) is 0 Å². The summed E-state index contributed by atoms with van der Waals surface area (Å²) in [5.41, 5.74) is 2.37. The van der Waals surface area contributed by atoms with E-state index in [4.69, 9.17) is 0 Å². The number of aromatic nitrogens is 2. The fourth-order valence-corrected chi connectivity index (χ4v) is 2.02. The highest BCUT2D eigenvalue weighted by Crippen LogP contribution is 2.22. The Morgan fingerprint density at radius 2 is 2.08 bits per heavy atom. The van der Waals surface area contributed by atoms with E-state index in [0.29, 0.717) is 0 Å².